The first-order valence-corrected chi connectivity index (χ1v) is 10.6. The minimum absolute atomic E-state index is 0.000250. The van der Waals surface area contributed by atoms with Crippen LogP contribution in [0.1, 0.15) is 18.4 Å². The van der Waals surface area contributed by atoms with E-state index in [2.05, 4.69) is 9.44 Å². The molecule has 9 heteroatoms. The monoisotopic (exact) mass is 384 g/mol. The van der Waals surface area contributed by atoms with Crippen LogP contribution in [0.15, 0.2) is 52.3 Å². The summed E-state index contributed by atoms with van der Waals surface area (Å²) in [5.74, 6) is -0.521. The second-order valence-corrected chi connectivity index (χ2v) is 9.33. The summed E-state index contributed by atoms with van der Waals surface area (Å²) in [7, 11) is -7.59. The fraction of sp³-hybridized carbons (Fsp3) is 0.250. The van der Waals surface area contributed by atoms with Crippen molar-refractivity contribution in [1.29, 1.82) is 0 Å². The first-order chi connectivity index (χ1) is 11.7. The van der Waals surface area contributed by atoms with Gasteiger partial charge in [-0.15, -0.1) is 0 Å². The van der Waals surface area contributed by atoms with Gasteiger partial charge < -0.3 is 0 Å². The molecule has 0 atom stereocenters. The molecule has 6 nitrogen and oxygen atoms in total. The number of hydrogen-bond acceptors (Lipinski definition) is 4. The highest BCUT2D eigenvalue weighted by molar-refractivity contribution is 7.92. The Hall–Kier alpha value is -1.97. The normalized spacial score (nSPS) is 15.1. The summed E-state index contributed by atoms with van der Waals surface area (Å²) in [6.45, 7) is 1.57. The maximum Gasteiger partial charge on any atom is 0.261 e. The number of nitrogens with one attached hydrogen (secondary N) is 2. The third-order valence-electron chi connectivity index (χ3n) is 3.77. The summed E-state index contributed by atoms with van der Waals surface area (Å²) in [5.41, 5.74) is 0.496. The van der Waals surface area contributed by atoms with E-state index in [0.29, 0.717) is 5.56 Å². The molecule has 1 saturated carbocycles. The lowest BCUT2D eigenvalue weighted by atomic mass is 10.2. The zero-order valence-electron chi connectivity index (χ0n) is 13.4. The van der Waals surface area contributed by atoms with E-state index < -0.39 is 25.9 Å². The van der Waals surface area contributed by atoms with E-state index >= 15 is 0 Å². The molecule has 2 N–H and O–H groups in total. The number of anilines is 1. The van der Waals surface area contributed by atoms with E-state index in [-0.39, 0.29) is 21.5 Å². The average Bonchev–Trinajstić information content (AvgIpc) is 3.34. The van der Waals surface area contributed by atoms with Crippen LogP contribution in [0.5, 0.6) is 0 Å². The zero-order valence-corrected chi connectivity index (χ0v) is 15.0. The van der Waals surface area contributed by atoms with Crippen molar-refractivity contribution in [3.05, 3.63) is 53.8 Å². The molecule has 0 aliphatic heterocycles. The topological polar surface area (TPSA) is 92.3 Å². The lowest BCUT2D eigenvalue weighted by molar-refractivity contribution is 0.580. The fourth-order valence-electron chi connectivity index (χ4n) is 2.16. The molecule has 0 heterocycles. The number of hydrogen-bond donors (Lipinski definition) is 2. The van der Waals surface area contributed by atoms with E-state index in [1.807, 2.05) is 0 Å². The molecule has 3 rings (SSSR count). The van der Waals surface area contributed by atoms with Crippen molar-refractivity contribution in [1.82, 2.24) is 4.72 Å². The average molecular weight is 384 g/mol. The molecule has 2 aromatic carbocycles. The highest BCUT2D eigenvalue weighted by Crippen LogP contribution is 2.23. The van der Waals surface area contributed by atoms with Crippen LogP contribution in [0, 0.1) is 12.7 Å². The molecule has 0 amide bonds. The van der Waals surface area contributed by atoms with Crippen LogP contribution in [0.4, 0.5) is 10.1 Å². The Morgan fingerprint density at radius 1 is 0.920 bits per heavy atom. The molecule has 0 bridgehead atoms. The van der Waals surface area contributed by atoms with Crippen molar-refractivity contribution in [3.8, 4) is 0 Å². The van der Waals surface area contributed by atoms with Crippen molar-refractivity contribution in [2.45, 2.75) is 35.6 Å². The van der Waals surface area contributed by atoms with Crippen molar-refractivity contribution < 1.29 is 21.2 Å². The van der Waals surface area contributed by atoms with Gasteiger partial charge in [-0.05, 0) is 61.7 Å². The Labute approximate surface area is 146 Å². The Kier molecular flexibility index (Phi) is 4.56. The van der Waals surface area contributed by atoms with Crippen molar-refractivity contribution in [2.24, 2.45) is 0 Å². The number of aryl methyl sites for hydroxylation is 1. The van der Waals surface area contributed by atoms with Gasteiger partial charge >= 0.3 is 0 Å². The van der Waals surface area contributed by atoms with Gasteiger partial charge in [0.25, 0.3) is 10.0 Å². The molecule has 0 saturated heterocycles. The van der Waals surface area contributed by atoms with Crippen LogP contribution in [0.2, 0.25) is 0 Å². The van der Waals surface area contributed by atoms with Gasteiger partial charge in [0, 0.05) is 6.04 Å². The van der Waals surface area contributed by atoms with Crippen molar-refractivity contribution in [3.63, 3.8) is 0 Å². The van der Waals surface area contributed by atoms with Crippen LogP contribution >= 0.6 is 0 Å². The van der Waals surface area contributed by atoms with Crippen LogP contribution < -0.4 is 9.44 Å². The van der Waals surface area contributed by atoms with Gasteiger partial charge in [-0.25, -0.2) is 25.9 Å². The predicted molar refractivity (Wildman–Crippen MR) is 91.7 cm³/mol. The Balaban J connectivity index is 1.81. The molecule has 1 aliphatic rings. The minimum atomic E-state index is -3.95. The van der Waals surface area contributed by atoms with Crippen LogP contribution in [0.25, 0.3) is 0 Å². The molecule has 134 valence electrons. The van der Waals surface area contributed by atoms with Gasteiger partial charge in [0.1, 0.15) is 5.82 Å². The Morgan fingerprint density at radius 2 is 1.48 bits per heavy atom. The van der Waals surface area contributed by atoms with Crippen LogP contribution in [0.3, 0.4) is 0 Å². The van der Waals surface area contributed by atoms with Gasteiger partial charge in [-0.3, -0.25) is 4.72 Å². The molecule has 1 fully saturated rings. The van der Waals surface area contributed by atoms with Gasteiger partial charge in [0.05, 0.1) is 15.5 Å². The van der Waals surface area contributed by atoms with Gasteiger partial charge in [-0.2, -0.15) is 0 Å². The van der Waals surface area contributed by atoms with Gasteiger partial charge in [-0.1, -0.05) is 6.07 Å². The molecular weight excluding hydrogens is 367 g/mol. The van der Waals surface area contributed by atoms with Crippen molar-refractivity contribution in [2.75, 3.05) is 4.72 Å². The third-order valence-corrected chi connectivity index (χ3v) is 6.70. The maximum absolute atomic E-state index is 13.5. The summed E-state index contributed by atoms with van der Waals surface area (Å²) < 4.78 is 67.2. The lowest BCUT2D eigenvalue weighted by Gasteiger charge is -2.10. The van der Waals surface area contributed by atoms with Crippen LogP contribution in [-0.4, -0.2) is 22.9 Å². The van der Waals surface area contributed by atoms with Gasteiger partial charge in [0.15, 0.2) is 0 Å². The molecule has 0 spiro atoms. The Morgan fingerprint density at radius 3 is 2.00 bits per heavy atom. The molecular formula is C16H17FN2O4S2. The minimum Gasteiger partial charge on any atom is -0.280 e. The largest absolute Gasteiger partial charge is 0.280 e. The van der Waals surface area contributed by atoms with Gasteiger partial charge in [0.2, 0.25) is 10.0 Å². The summed E-state index contributed by atoms with van der Waals surface area (Å²) >= 11 is 0. The summed E-state index contributed by atoms with van der Waals surface area (Å²) in [6, 6.07) is 8.84. The second-order valence-electron chi connectivity index (χ2n) is 5.94. The maximum atomic E-state index is 13.5. The van der Waals surface area contributed by atoms with E-state index in [1.54, 1.807) is 6.92 Å². The predicted octanol–water partition coefficient (Wildman–Crippen LogP) is 2.38. The summed E-state index contributed by atoms with van der Waals surface area (Å²) in [4.78, 5) is -0.112. The number of benzene rings is 2. The highest BCUT2D eigenvalue weighted by atomic mass is 32.2. The van der Waals surface area contributed by atoms with E-state index in [9.17, 15) is 21.2 Å². The molecule has 0 aromatic heterocycles. The molecule has 0 unspecified atom stereocenters. The number of halogens is 1. The van der Waals surface area contributed by atoms with E-state index in [0.717, 1.165) is 18.9 Å². The third kappa shape index (κ3) is 4.17. The second kappa shape index (κ2) is 6.40. The molecule has 1 aliphatic carbocycles. The quantitative estimate of drug-likeness (QED) is 0.800. The van der Waals surface area contributed by atoms with E-state index in [1.165, 1.54) is 36.4 Å². The lowest BCUT2D eigenvalue weighted by Crippen LogP contribution is -2.25. The first-order valence-electron chi connectivity index (χ1n) is 7.59. The fourth-order valence-corrected chi connectivity index (χ4v) is 4.51. The highest BCUT2D eigenvalue weighted by Gasteiger charge is 2.28. The number of sulfonamides is 2. The smallest absolute Gasteiger partial charge is 0.261 e. The number of rotatable bonds is 6. The SMILES string of the molecule is Cc1ccc(NS(=O)(=O)c2ccc(S(=O)(=O)NC3CC3)cc2)cc1F. The summed E-state index contributed by atoms with van der Waals surface area (Å²) in [6.07, 6.45) is 1.62. The Bertz CT molecular complexity index is 999. The zero-order chi connectivity index (χ0) is 18.2. The molecule has 2 aromatic rings. The first kappa shape index (κ1) is 17.8. The standard InChI is InChI=1S/C16H17FN2O4S2/c1-11-2-3-13(10-16(11)17)19-25(22,23)15-8-6-14(7-9-15)24(20,21)18-12-4-5-12/h2-3,6-10,12,18-19H,4-5H2,1H3. The molecule has 0 radical (unpaired) electrons. The molecule has 25 heavy (non-hydrogen) atoms. The summed E-state index contributed by atoms with van der Waals surface area (Å²) in [5, 5.41) is 0. The van der Waals surface area contributed by atoms with Crippen LogP contribution in [-0.2, 0) is 20.0 Å². The van der Waals surface area contributed by atoms with E-state index in [4.69, 9.17) is 0 Å². The van der Waals surface area contributed by atoms with Crippen molar-refractivity contribution >= 4 is 25.7 Å².